The van der Waals surface area contributed by atoms with Gasteiger partial charge in [0, 0.05) is 18.7 Å². The molecule has 1 N–H and O–H groups in total. The maximum absolute atomic E-state index is 14.1. The largest absolute Gasteiger partial charge is 0.486 e. The molecule has 3 aromatic rings. The molecule has 1 aliphatic carbocycles. The Morgan fingerprint density at radius 3 is 2.54 bits per heavy atom. The molecule has 3 atom stereocenters. The minimum absolute atomic E-state index is 0.0103. The minimum atomic E-state index is -0.221. The third-order valence-corrected chi connectivity index (χ3v) is 8.11. The van der Waals surface area contributed by atoms with Crippen LogP contribution in [-0.4, -0.2) is 62.3 Å². The number of carbonyl (C=O) groups is 2. The summed E-state index contributed by atoms with van der Waals surface area (Å²) < 4.78 is 22.8. The number of piperidine rings is 1. The van der Waals surface area contributed by atoms with Gasteiger partial charge in [0.2, 0.25) is 0 Å². The summed E-state index contributed by atoms with van der Waals surface area (Å²) in [5, 5.41) is 3.08. The number of nitrogens with one attached hydrogen (secondary N) is 1. The van der Waals surface area contributed by atoms with E-state index in [1.54, 1.807) is 18.2 Å². The minimum Gasteiger partial charge on any atom is -0.486 e. The van der Waals surface area contributed by atoms with Crippen molar-refractivity contribution in [1.29, 1.82) is 0 Å². The van der Waals surface area contributed by atoms with Gasteiger partial charge >= 0.3 is 0 Å². The van der Waals surface area contributed by atoms with Crippen LogP contribution in [0.4, 0.5) is 0 Å². The van der Waals surface area contributed by atoms with E-state index in [0.717, 1.165) is 28.9 Å². The molecule has 2 amide bonds. The van der Waals surface area contributed by atoms with Crippen molar-refractivity contribution in [2.45, 2.75) is 19.4 Å². The number of carbonyl (C=O) groups excluding carboxylic acids is 2. The first kappa shape index (κ1) is 23.9. The van der Waals surface area contributed by atoms with Gasteiger partial charge in [0.25, 0.3) is 11.8 Å². The highest BCUT2D eigenvalue weighted by Gasteiger charge is 2.54. The van der Waals surface area contributed by atoms with Crippen LogP contribution >= 0.6 is 0 Å². The Bertz CT molecular complexity index is 1470. The number of rotatable bonds is 5. The van der Waals surface area contributed by atoms with Crippen LogP contribution in [0, 0.1) is 18.8 Å². The molecule has 0 aromatic heterocycles. The quantitative estimate of drug-likeness (QED) is 0.539. The molecule has 8 heteroatoms. The molecule has 0 radical (unpaired) electrons. The number of nitrogens with zero attached hydrogens (tertiary/aromatic N) is 1. The second-order valence-corrected chi connectivity index (χ2v) is 10.6. The van der Waals surface area contributed by atoms with Crippen LogP contribution in [0.3, 0.4) is 0 Å². The Labute approximate surface area is 226 Å². The van der Waals surface area contributed by atoms with Crippen LogP contribution in [0.2, 0.25) is 0 Å². The molecule has 4 aliphatic rings. The average molecular weight is 527 g/mol. The van der Waals surface area contributed by atoms with Gasteiger partial charge in [0.15, 0.2) is 23.0 Å². The fourth-order valence-corrected chi connectivity index (χ4v) is 6.06. The summed E-state index contributed by atoms with van der Waals surface area (Å²) in [5.41, 5.74) is 3.90. The molecular weight excluding hydrogens is 496 g/mol. The molecule has 8 nitrogen and oxygen atoms in total. The Kier molecular flexibility index (Phi) is 5.83. The molecule has 3 aliphatic heterocycles. The van der Waals surface area contributed by atoms with Gasteiger partial charge in [-0.05, 0) is 66.6 Å². The van der Waals surface area contributed by atoms with Gasteiger partial charge in [-0.2, -0.15) is 0 Å². The summed E-state index contributed by atoms with van der Waals surface area (Å²) in [6.45, 7) is 5.00. The van der Waals surface area contributed by atoms with E-state index in [1.165, 1.54) is 0 Å². The normalized spacial score (nSPS) is 22.2. The molecule has 3 aromatic carbocycles. The summed E-state index contributed by atoms with van der Waals surface area (Å²) in [4.78, 5) is 29.2. The number of fused-ring (bicyclic) bond motifs is 3. The number of hydrogen-bond donors (Lipinski definition) is 1. The van der Waals surface area contributed by atoms with Gasteiger partial charge in [-0.3, -0.25) is 9.59 Å². The first-order chi connectivity index (χ1) is 19.1. The highest BCUT2D eigenvalue weighted by molar-refractivity contribution is 6.02. The van der Waals surface area contributed by atoms with Crippen molar-refractivity contribution in [3.8, 4) is 34.1 Å². The number of benzene rings is 3. The van der Waals surface area contributed by atoms with E-state index in [1.807, 2.05) is 48.2 Å². The SMILES string of the molecule is Cc1ccc(-c2ccc3c(c2)OCCO3)c(C(=O)N2C[C@H]3C[C@H]3[C@H]2CNC(=O)c2cccc3c2OCCO3)c1. The predicted molar refractivity (Wildman–Crippen MR) is 144 cm³/mol. The van der Waals surface area contributed by atoms with Crippen molar-refractivity contribution in [2.75, 3.05) is 39.5 Å². The number of para-hydroxylation sites is 1. The monoisotopic (exact) mass is 526 g/mol. The molecular formula is C31H30N2O6. The fraction of sp³-hybridized carbons (Fsp3) is 0.355. The lowest BCUT2D eigenvalue weighted by atomic mass is 9.96. The lowest BCUT2D eigenvalue weighted by Gasteiger charge is -2.29. The molecule has 3 heterocycles. The van der Waals surface area contributed by atoms with Crippen molar-refractivity contribution in [1.82, 2.24) is 10.2 Å². The van der Waals surface area contributed by atoms with Gasteiger partial charge < -0.3 is 29.2 Å². The number of hydrogen-bond acceptors (Lipinski definition) is 6. The topological polar surface area (TPSA) is 86.3 Å². The molecule has 0 spiro atoms. The molecule has 1 saturated heterocycles. The van der Waals surface area contributed by atoms with Crippen LogP contribution in [0.15, 0.2) is 54.6 Å². The number of aryl methyl sites for hydroxylation is 1. The third-order valence-electron chi connectivity index (χ3n) is 8.11. The Morgan fingerprint density at radius 2 is 1.67 bits per heavy atom. The molecule has 2 fully saturated rings. The Morgan fingerprint density at radius 1 is 0.872 bits per heavy atom. The smallest absolute Gasteiger partial charge is 0.255 e. The highest BCUT2D eigenvalue weighted by Crippen LogP contribution is 2.50. The van der Waals surface area contributed by atoms with Gasteiger partial charge in [-0.15, -0.1) is 0 Å². The van der Waals surface area contributed by atoms with Gasteiger partial charge in [-0.1, -0.05) is 29.8 Å². The van der Waals surface area contributed by atoms with E-state index < -0.39 is 0 Å². The van der Waals surface area contributed by atoms with Crippen LogP contribution < -0.4 is 24.3 Å². The Hall–Kier alpha value is -4.20. The van der Waals surface area contributed by atoms with E-state index in [0.29, 0.717) is 79.7 Å². The zero-order valence-electron chi connectivity index (χ0n) is 21.8. The van der Waals surface area contributed by atoms with Crippen molar-refractivity contribution >= 4 is 11.8 Å². The molecule has 0 bridgehead atoms. The first-order valence-electron chi connectivity index (χ1n) is 13.6. The number of amides is 2. The predicted octanol–water partition coefficient (Wildman–Crippen LogP) is 4.09. The maximum atomic E-state index is 14.1. The summed E-state index contributed by atoms with van der Waals surface area (Å²) in [6.07, 6.45) is 1.09. The molecule has 0 unspecified atom stereocenters. The zero-order valence-corrected chi connectivity index (χ0v) is 21.8. The summed E-state index contributed by atoms with van der Waals surface area (Å²) in [5.74, 6) is 3.13. The number of ether oxygens (including phenoxy) is 4. The molecule has 7 rings (SSSR count). The second kappa shape index (κ2) is 9.52. The van der Waals surface area contributed by atoms with Crippen molar-refractivity contribution in [3.63, 3.8) is 0 Å². The second-order valence-electron chi connectivity index (χ2n) is 10.6. The summed E-state index contributed by atoms with van der Waals surface area (Å²) >= 11 is 0. The van der Waals surface area contributed by atoms with Gasteiger partial charge in [0.05, 0.1) is 11.6 Å². The van der Waals surface area contributed by atoms with Crippen molar-refractivity contribution < 1.29 is 28.5 Å². The lowest BCUT2D eigenvalue weighted by molar-refractivity contribution is 0.0695. The fourth-order valence-electron chi connectivity index (χ4n) is 6.06. The van der Waals surface area contributed by atoms with E-state index >= 15 is 0 Å². The van der Waals surface area contributed by atoms with Crippen molar-refractivity contribution in [3.05, 3.63) is 71.3 Å². The van der Waals surface area contributed by atoms with E-state index in [4.69, 9.17) is 18.9 Å². The Balaban J connectivity index is 1.13. The molecule has 39 heavy (non-hydrogen) atoms. The standard InChI is InChI=1S/C31H30N2O6/c1-18-5-7-21(19-6-8-26-28(15-19)38-10-9-36-26)24(13-18)31(35)33-17-20-14-23(20)25(33)16-32-30(34)22-3-2-4-27-29(22)39-12-11-37-27/h2-8,13,15,20,23,25H,9-12,14,16-17H2,1H3,(H,32,34)/t20-,23-,25-/m1/s1. The summed E-state index contributed by atoms with van der Waals surface area (Å²) in [6, 6.07) is 17.1. The number of likely N-dealkylation sites (tertiary alicyclic amines) is 1. The van der Waals surface area contributed by atoms with E-state index in [9.17, 15) is 9.59 Å². The third kappa shape index (κ3) is 4.33. The van der Waals surface area contributed by atoms with Crippen LogP contribution in [0.25, 0.3) is 11.1 Å². The van der Waals surface area contributed by atoms with Crippen LogP contribution in [-0.2, 0) is 0 Å². The molecule has 1 saturated carbocycles. The van der Waals surface area contributed by atoms with Crippen LogP contribution in [0.1, 0.15) is 32.7 Å². The van der Waals surface area contributed by atoms with Gasteiger partial charge in [-0.25, -0.2) is 0 Å². The maximum Gasteiger partial charge on any atom is 0.255 e. The van der Waals surface area contributed by atoms with E-state index in [2.05, 4.69) is 5.32 Å². The summed E-state index contributed by atoms with van der Waals surface area (Å²) in [7, 11) is 0. The van der Waals surface area contributed by atoms with Crippen LogP contribution in [0.5, 0.6) is 23.0 Å². The van der Waals surface area contributed by atoms with Gasteiger partial charge in [0.1, 0.15) is 26.4 Å². The first-order valence-corrected chi connectivity index (χ1v) is 13.6. The average Bonchev–Trinajstić information content (AvgIpc) is 3.66. The highest BCUT2D eigenvalue weighted by atomic mass is 16.6. The van der Waals surface area contributed by atoms with E-state index in [-0.39, 0.29) is 17.9 Å². The van der Waals surface area contributed by atoms with Crippen molar-refractivity contribution in [2.24, 2.45) is 11.8 Å². The zero-order chi connectivity index (χ0) is 26.5. The molecule has 200 valence electrons. The lowest BCUT2D eigenvalue weighted by Crippen LogP contribution is -2.45.